The molecule has 2 aromatic rings. The van der Waals surface area contributed by atoms with Gasteiger partial charge in [0, 0.05) is 18.6 Å². The molecule has 0 amide bonds. The zero-order chi connectivity index (χ0) is 13.2. The highest BCUT2D eigenvalue weighted by Crippen LogP contribution is 2.24. The van der Waals surface area contributed by atoms with Gasteiger partial charge in [-0.2, -0.15) is 0 Å². The molecular formula is C15H11NO3. The van der Waals surface area contributed by atoms with Gasteiger partial charge < -0.3 is 9.15 Å². The molecule has 4 heteroatoms. The van der Waals surface area contributed by atoms with Crippen molar-refractivity contribution in [3.05, 3.63) is 53.9 Å². The number of carbonyl (C=O) groups excluding carboxylic acids is 1. The Kier molecular flexibility index (Phi) is 2.76. The zero-order valence-electron chi connectivity index (χ0n) is 10.3. The molecule has 0 unspecified atom stereocenters. The number of rotatable bonds is 2. The second-order valence-electron chi connectivity index (χ2n) is 4.12. The molecular weight excluding hydrogens is 242 g/mol. The Balaban J connectivity index is 1.91. The lowest BCUT2D eigenvalue weighted by Gasteiger charge is -1.94. The highest BCUT2D eigenvalue weighted by atomic mass is 16.6. The minimum Gasteiger partial charge on any atom is -0.457 e. The fraction of sp³-hybridized carbons (Fsp3) is 0.0667. The van der Waals surface area contributed by atoms with E-state index in [4.69, 9.17) is 9.15 Å². The number of aliphatic imine (C=N–C) groups is 1. The molecule has 0 bridgehead atoms. The predicted octanol–water partition coefficient (Wildman–Crippen LogP) is 3.26. The largest absolute Gasteiger partial charge is 0.457 e. The Hall–Kier alpha value is -2.62. The van der Waals surface area contributed by atoms with Crippen molar-refractivity contribution in [2.24, 2.45) is 4.99 Å². The highest BCUT2D eigenvalue weighted by Gasteiger charge is 2.20. The number of benzene rings is 1. The van der Waals surface area contributed by atoms with E-state index in [1.54, 1.807) is 19.1 Å². The monoisotopic (exact) mass is 253 g/mol. The average Bonchev–Trinajstić information content (AvgIpc) is 2.99. The molecule has 0 saturated carbocycles. The van der Waals surface area contributed by atoms with Gasteiger partial charge in [0.1, 0.15) is 11.5 Å². The van der Waals surface area contributed by atoms with E-state index in [0.717, 1.165) is 11.3 Å². The van der Waals surface area contributed by atoms with Crippen LogP contribution in [0.15, 0.2) is 57.6 Å². The lowest BCUT2D eigenvalue weighted by atomic mass is 10.2. The van der Waals surface area contributed by atoms with E-state index in [1.807, 2.05) is 36.4 Å². The molecule has 1 aliphatic rings. The van der Waals surface area contributed by atoms with E-state index in [-0.39, 0.29) is 5.70 Å². The molecule has 0 radical (unpaired) electrons. The summed E-state index contributed by atoms with van der Waals surface area (Å²) in [7, 11) is 0. The summed E-state index contributed by atoms with van der Waals surface area (Å²) in [5, 5.41) is 0. The molecule has 1 aliphatic heterocycles. The van der Waals surface area contributed by atoms with Gasteiger partial charge in [-0.25, -0.2) is 9.79 Å². The molecule has 3 rings (SSSR count). The molecule has 0 saturated heterocycles. The van der Waals surface area contributed by atoms with Crippen LogP contribution in [0.2, 0.25) is 0 Å². The Morgan fingerprint density at radius 2 is 1.89 bits per heavy atom. The molecule has 0 fully saturated rings. The van der Waals surface area contributed by atoms with Crippen LogP contribution in [-0.2, 0) is 9.53 Å². The Morgan fingerprint density at radius 1 is 1.11 bits per heavy atom. The van der Waals surface area contributed by atoms with Crippen LogP contribution in [0.4, 0.5) is 0 Å². The van der Waals surface area contributed by atoms with Crippen LogP contribution in [0, 0.1) is 0 Å². The smallest absolute Gasteiger partial charge is 0.363 e. The molecule has 0 atom stereocenters. The maximum Gasteiger partial charge on any atom is 0.363 e. The number of nitrogens with zero attached hydrogens (tertiary/aromatic N) is 1. The van der Waals surface area contributed by atoms with Crippen LogP contribution < -0.4 is 0 Å². The summed E-state index contributed by atoms with van der Waals surface area (Å²) in [5.74, 6) is 1.23. The van der Waals surface area contributed by atoms with Crippen LogP contribution >= 0.6 is 0 Å². The summed E-state index contributed by atoms with van der Waals surface area (Å²) in [5.41, 5.74) is 1.24. The van der Waals surface area contributed by atoms with E-state index < -0.39 is 5.97 Å². The Morgan fingerprint density at radius 3 is 2.58 bits per heavy atom. The van der Waals surface area contributed by atoms with Gasteiger partial charge in [-0.3, -0.25) is 0 Å². The van der Waals surface area contributed by atoms with Crippen LogP contribution in [-0.4, -0.2) is 11.9 Å². The van der Waals surface area contributed by atoms with Gasteiger partial charge in [-0.15, -0.1) is 0 Å². The van der Waals surface area contributed by atoms with Crippen LogP contribution in [0.3, 0.4) is 0 Å². The maximum absolute atomic E-state index is 11.4. The Bertz CT molecular complexity index is 680. The molecule has 0 aliphatic carbocycles. The van der Waals surface area contributed by atoms with Gasteiger partial charge in [-0.05, 0) is 12.1 Å². The van der Waals surface area contributed by atoms with E-state index in [2.05, 4.69) is 4.99 Å². The van der Waals surface area contributed by atoms with E-state index in [9.17, 15) is 4.79 Å². The summed E-state index contributed by atoms with van der Waals surface area (Å²) in [6.45, 7) is 1.64. The number of hydrogen-bond donors (Lipinski definition) is 0. The Labute approximate surface area is 110 Å². The van der Waals surface area contributed by atoms with E-state index in [1.165, 1.54) is 0 Å². The zero-order valence-corrected chi connectivity index (χ0v) is 10.3. The third-order valence-electron chi connectivity index (χ3n) is 2.69. The van der Waals surface area contributed by atoms with Crippen LogP contribution in [0.5, 0.6) is 0 Å². The normalized spacial score (nSPS) is 16.6. The van der Waals surface area contributed by atoms with Gasteiger partial charge in [0.2, 0.25) is 0 Å². The minimum atomic E-state index is -0.449. The van der Waals surface area contributed by atoms with Gasteiger partial charge in [-0.1, -0.05) is 30.3 Å². The molecule has 0 N–H and O–H groups in total. The third-order valence-corrected chi connectivity index (χ3v) is 2.69. The van der Waals surface area contributed by atoms with Crippen molar-refractivity contribution in [1.29, 1.82) is 0 Å². The van der Waals surface area contributed by atoms with Crippen molar-refractivity contribution in [3.63, 3.8) is 0 Å². The molecule has 2 heterocycles. The average molecular weight is 253 g/mol. The number of ether oxygens (including phenoxy) is 1. The number of cyclic esters (lactones) is 1. The fourth-order valence-corrected chi connectivity index (χ4v) is 1.84. The SMILES string of the molecule is CC1=N/C(=C/c2ccc(-c3ccccc3)o2)C(=O)O1. The van der Waals surface area contributed by atoms with Crippen molar-refractivity contribution < 1.29 is 13.9 Å². The molecule has 19 heavy (non-hydrogen) atoms. The van der Waals surface area contributed by atoms with E-state index in [0.29, 0.717) is 11.7 Å². The van der Waals surface area contributed by atoms with Crippen molar-refractivity contribution >= 4 is 17.9 Å². The summed E-state index contributed by atoms with van der Waals surface area (Å²) < 4.78 is 10.5. The van der Waals surface area contributed by atoms with Crippen molar-refractivity contribution in [1.82, 2.24) is 0 Å². The summed E-state index contributed by atoms with van der Waals surface area (Å²) in [6, 6.07) is 13.4. The van der Waals surface area contributed by atoms with Crippen LogP contribution in [0.1, 0.15) is 12.7 Å². The lowest BCUT2D eigenvalue weighted by Crippen LogP contribution is -1.99. The number of esters is 1. The first kappa shape index (κ1) is 11.5. The van der Waals surface area contributed by atoms with Crippen molar-refractivity contribution in [2.45, 2.75) is 6.92 Å². The predicted molar refractivity (Wildman–Crippen MR) is 71.3 cm³/mol. The first-order chi connectivity index (χ1) is 9.22. The first-order valence-electron chi connectivity index (χ1n) is 5.87. The van der Waals surface area contributed by atoms with Gasteiger partial charge in [0.25, 0.3) is 0 Å². The topological polar surface area (TPSA) is 51.8 Å². The number of carbonyl (C=O) groups is 1. The molecule has 1 aromatic heterocycles. The number of furan rings is 1. The quantitative estimate of drug-likeness (QED) is 0.609. The van der Waals surface area contributed by atoms with Crippen LogP contribution in [0.25, 0.3) is 17.4 Å². The van der Waals surface area contributed by atoms with E-state index >= 15 is 0 Å². The van der Waals surface area contributed by atoms with Crippen molar-refractivity contribution in [3.8, 4) is 11.3 Å². The molecule has 94 valence electrons. The standard InChI is InChI=1S/C15H11NO3/c1-10-16-13(15(17)18-10)9-12-7-8-14(19-12)11-5-3-2-4-6-11/h2-9H,1H3/b13-9+. The molecule has 1 aromatic carbocycles. The minimum absolute atomic E-state index is 0.256. The van der Waals surface area contributed by atoms with Gasteiger partial charge in [0.15, 0.2) is 11.6 Å². The highest BCUT2D eigenvalue weighted by molar-refractivity contribution is 6.06. The summed E-state index contributed by atoms with van der Waals surface area (Å²) >= 11 is 0. The van der Waals surface area contributed by atoms with Crippen molar-refractivity contribution in [2.75, 3.05) is 0 Å². The van der Waals surface area contributed by atoms with Gasteiger partial charge in [0.05, 0.1) is 0 Å². The number of hydrogen-bond acceptors (Lipinski definition) is 4. The summed E-state index contributed by atoms with van der Waals surface area (Å²) in [4.78, 5) is 15.4. The second kappa shape index (κ2) is 4.57. The second-order valence-corrected chi connectivity index (χ2v) is 4.12. The maximum atomic E-state index is 11.4. The molecule has 0 spiro atoms. The molecule has 4 nitrogen and oxygen atoms in total. The summed E-state index contributed by atoms with van der Waals surface area (Å²) in [6.07, 6.45) is 1.57. The lowest BCUT2D eigenvalue weighted by molar-refractivity contribution is -0.130. The first-order valence-corrected chi connectivity index (χ1v) is 5.87. The fourth-order valence-electron chi connectivity index (χ4n) is 1.84. The third kappa shape index (κ3) is 2.33. The van der Waals surface area contributed by atoms with Gasteiger partial charge >= 0.3 is 5.97 Å².